The van der Waals surface area contributed by atoms with Crippen LogP contribution in [-0.4, -0.2) is 51.3 Å². The zero-order valence-corrected chi connectivity index (χ0v) is 18.4. The van der Waals surface area contributed by atoms with Crippen molar-refractivity contribution in [1.82, 2.24) is 19.2 Å². The van der Waals surface area contributed by atoms with E-state index in [-0.39, 0.29) is 11.3 Å². The average molecular weight is 399 g/mol. The first-order chi connectivity index (χ1) is 13.3. The molecule has 0 N–H and O–H groups in total. The highest BCUT2D eigenvalue weighted by Crippen LogP contribution is 2.34. The standard InChI is InChI=1S/C22H30N4OS/c1-6-19(27)25-11-9-24(10-12-25)14-17-20(22(3,4)5)23-21-26(17)16-8-7-15(2)13-18(16)28-21/h7-8,13H,6,9-12,14H2,1-5H3. The summed E-state index contributed by atoms with van der Waals surface area (Å²) in [6, 6.07) is 6.66. The SMILES string of the molecule is CCC(=O)N1CCN(Cc2c(C(C)(C)C)nc3sc4cc(C)ccc4n23)CC1. The fourth-order valence-corrected chi connectivity index (χ4v) is 5.21. The lowest BCUT2D eigenvalue weighted by atomic mass is 9.90. The van der Waals surface area contributed by atoms with Gasteiger partial charge < -0.3 is 4.90 Å². The number of thiazole rings is 1. The molecule has 1 aromatic carbocycles. The van der Waals surface area contributed by atoms with Crippen LogP contribution in [0.15, 0.2) is 18.2 Å². The largest absolute Gasteiger partial charge is 0.340 e. The Hall–Kier alpha value is -1.92. The predicted octanol–water partition coefficient (Wildman–Crippen LogP) is 4.21. The summed E-state index contributed by atoms with van der Waals surface area (Å²) in [5, 5.41) is 0. The molecule has 3 aromatic rings. The molecule has 4 rings (SSSR count). The van der Waals surface area contributed by atoms with E-state index in [1.54, 1.807) is 11.3 Å². The number of aryl methyl sites for hydroxylation is 1. The number of carbonyl (C=O) groups is 1. The third kappa shape index (κ3) is 3.44. The first-order valence-electron chi connectivity index (χ1n) is 10.2. The normalized spacial score (nSPS) is 16.4. The second kappa shape index (κ2) is 7.16. The molecular formula is C22H30N4OS. The van der Waals surface area contributed by atoms with Gasteiger partial charge in [0.25, 0.3) is 0 Å². The minimum absolute atomic E-state index is 0.00189. The Labute approximate surface area is 171 Å². The molecule has 0 spiro atoms. The molecule has 0 aliphatic carbocycles. The quantitative estimate of drug-likeness (QED) is 0.664. The van der Waals surface area contributed by atoms with Crippen molar-refractivity contribution >= 4 is 32.4 Å². The highest BCUT2D eigenvalue weighted by molar-refractivity contribution is 7.23. The van der Waals surface area contributed by atoms with Crippen LogP contribution in [-0.2, 0) is 16.8 Å². The number of nitrogens with zero attached hydrogens (tertiary/aromatic N) is 4. The van der Waals surface area contributed by atoms with E-state index in [4.69, 9.17) is 4.98 Å². The number of hydrogen-bond donors (Lipinski definition) is 0. The van der Waals surface area contributed by atoms with E-state index in [9.17, 15) is 4.79 Å². The lowest BCUT2D eigenvalue weighted by Gasteiger charge is -2.35. The van der Waals surface area contributed by atoms with Crippen molar-refractivity contribution in [2.24, 2.45) is 0 Å². The Morgan fingerprint density at radius 1 is 1.18 bits per heavy atom. The van der Waals surface area contributed by atoms with Crippen molar-refractivity contribution in [2.45, 2.75) is 53.0 Å². The summed E-state index contributed by atoms with van der Waals surface area (Å²) in [5.74, 6) is 0.265. The van der Waals surface area contributed by atoms with Gasteiger partial charge in [-0.1, -0.05) is 45.1 Å². The fraction of sp³-hybridized carbons (Fsp3) is 0.545. The van der Waals surface area contributed by atoms with E-state index in [2.05, 4.69) is 55.2 Å². The van der Waals surface area contributed by atoms with E-state index >= 15 is 0 Å². The van der Waals surface area contributed by atoms with Crippen LogP contribution in [0.25, 0.3) is 15.2 Å². The number of fused-ring (bicyclic) bond motifs is 3. The summed E-state index contributed by atoms with van der Waals surface area (Å²) in [7, 11) is 0. The second-order valence-corrected chi connectivity index (χ2v) is 9.87. The van der Waals surface area contributed by atoms with Crippen molar-refractivity contribution in [3.63, 3.8) is 0 Å². The number of amides is 1. The Balaban J connectivity index is 1.70. The van der Waals surface area contributed by atoms with Crippen LogP contribution in [0.2, 0.25) is 0 Å². The van der Waals surface area contributed by atoms with Gasteiger partial charge in [-0.25, -0.2) is 4.98 Å². The Kier molecular flexibility index (Phi) is 4.96. The van der Waals surface area contributed by atoms with Crippen molar-refractivity contribution in [3.05, 3.63) is 35.2 Å². The van der Waals surface area contributed by atoms with Crippen molar-refractivity contribution in [1.29, 1.82) is 0 Å². The number of benzene rings is 1. The minimum atomic E-state index is -0.00189. The van der Waals surface area contributed by atoms with Crippen LogP contribution in [0.1, 0.15) is 51.1 Å². The van der Waals surface area contributed by atoms with Crippen LogP contribution in [0.3, 0.4) is 0 Å². The van der Waals surface area contributed by atoms with Crippen molar-refractivity contribution < 1.29 is 4.79 Å². The number of rotatable bonds is 3. The maximum absolute atomic E-state index is 12.0. The third-order valence-corrected chi connectivity index (χ3v) is 6.61. The highest BCUT2D eigenvalue weighted by Gasteiger charge is 2.28. The molecule has 5 nitrogen and oxygen atoms in total. The monoisotopic (exact) mass is 398 g/mol. The molecule has 28 heavy (non-hydrogen) atoms. The van der Waals surface area contributed by atoms with Crippen molar-refractivity contribution in [3.8, 4) is 0 Å². The van der Waals surface area contributed by atoms with Crippen molar-refractivity contribution in [2.75, 3.05) is 26.2 Å². The van der Waals surface area contributed by atoms with Crippen LogP contribution in [0, 0.1) is 6.92 Å². The topological polar surface area (TPSA) is 40.9 Å². The zero-order chi connectivity index (χ0) is 20.1. The van der Waals surface area contributed by atoms with Gasteiger partial charge in [0.1, 0.15) is 0 Å². The summed E-state index contributed by atoms with van der Waals surface area (Å²) >= 11 is 1.78. The number of piperazine rings is 1. The summed E-state index contributed by atoms with van der Waals surface area (Å²) in [6.07, 6.45) is 0.595. The third-order valence-electron chi connectivity index (χ3n) is 5.61. The van der Waals surface area contributed by atoms with Gasteiger partial charge in [0.2, 0.25) is 5.91 Å². The van der Waals surface area contributed by atoms with Gasteiger partial charge in [0.15, 0.2) is 4.96 Å². The van der Waals surface area contributed by atoms with Gasteiger partial charge >= 0.3 is 0 Å². The molecule has 2 aromatic heterocycles. The molecule has 1 amide bonds. The van der Waals surface area contributed by atoms with Crippen LogP contribution >= 0.6 is 11.3 Å². The molecular weight excluding hydrogens is 368 g/mol. The molecule has 3 heterocycles. The molecule has 1 aliphatic heterocycles. The van der Waals surface area contributed by atoms with E-state index in [0.717, 1.165) is 37.7 Å². The number of carbonyl (C=O) groups excluding carboxylic acids is 1. The fourth-order valence-electron chi connectivity index (χ4n) is 4.07. The highest BCUT2D eigenvalue weighted by atomic mass is 32.1. The number of imidazole rings is 1. The summed E-state index contributed by atoms with van der Waals surface area (Å²) in [6.45, 7) is 15.2. The Morgan fingerprint density at radius 3 is 2.54 bits per heavy atom. The molecule has 0 atom stereocenters. The first-order valence-corrected chi connectivity index (χ1v) is 11.0. The van der Waals surface area contributed by atoms with Gasteiger partial charge in [-0.05, 0) is 24.6 Å². The van der Waals surface area contributed by atoms with E-state index in [1.165, 1.54) is 27.2 Å². The molecule has 150 valence electrons. The maximum Gasteiger partial charge on any atom is 0.222 e. The zero-order valence-electron chi connectivity index (χ0n) is 17.6. The summed E-state index contributed by atoms with van der Waals surface area (Å²) < 4.78 is 3.66. The van der Waals surface area contributed by atoms with E-state index in [0.29, 0.717) is 6.42 Å². The minimum Gasteiger partial charge on any atom is -0.340 e. The lowest BCUT2D eigenvalue weighted by Crippen LogP contribution is -2.48. The van der Waals surface area contributed by atoms with E-state index < -0.39 is 0 Å². The van der Waals surface area contributed by atoms with E-state index in [1.807, 2.05) is 11.8 Å². The molecule has 0 unspecified atom stereocenters. The van der Waals surface area contributed by atoms with Gasteiger partial charge in [-0.3, -0.25) is 14.1 Å². The number of hydrogen-bond acceptors (Lipinski definition) is 4. The van der Waals surface area contributed by atoms with Crippen LogP contribution in [0.4, 0.5) is 0 Å². The summed E-state index contributed by atoms with van der Waals surface area (Å²) in [4.78, 5) is 22.6. The van der Waals surface area contributed by atoms with Gasteiger partial charge in [0.05, 0.1) is 21.6 Å². The molecule has 1 aliphatic rings. The molecule has 0 bridgehead atoms. The Bertz CT molecular complexity index is 1020. The summed E-state index contributed by atoms with van der Waals surface area (Å²) in [5.41, 5.74) is 5.02. The molecule has 1 saturated heterocycles. The molecule has 6 heteroatoms. The lowest BCUT2D eigenvalue weighted by molar-refractivity contribution is -0.132. The molecule has 1 fully saturated rings. The smallest absolute Gasteiger partial charge is 0.222 e. The number of aromatic nitrogens is 2. The average Bonchev–Trinajstić information content (AvgIpc) is 3.17. The van der Waals surface area contributed by atoms with Gasteiger partial charge in [-0.2, -0.15) is 0 Å². The predicted molar refractivity (Wildman–Crippen MR) is 116 cm³/mol. The van der Waals surface area contributed by atoms with Gasteiger partial charge in [0, 0.05) is 44.6 Å². The second-order valence-electron chi connectivity index (χ2n) is 8.86. The first kappa shape index (κ1) is 19.4. The van der Waals surface area contributed by atoms with Gasteiger partial charge in [-0.15, -0.1) is 0 Å². The van der Waals surface area contributed by atoms with Crippen LogP contribution in [0.5, 0.6) is 0 Å². The van der Waals surface area contributed by atoms with Crippen LogP contribution < -0.4 is 0 Å². The Morgan fingerprint density at radius 2 is 1.89 bits per heavy atom. The molecule has 0 radical (unpaired) electrons. The molecule has 0 saturated carbocycles. The maximum atomic E-state index is 12.0.